The molecule has 106 valence electrons. The van der Waals surface area contributed by atoms with Crippen LogP contribution in [0.25, 0.3) is 0 Å². The molecule has 0 aromatic heterocycles. The maximum absolute atomic E-state index is 12.1. The van der Waals surface area contributed by atoms with Crippen LogP contribution in [0.3, 0.4) is 0 Å². The van der Waals surface area contributed by atoms with E-state index in [1.807, 2.05) is 6.92 Å². The van der Waals surface area contributed by atoms with E-state index in [0.29, 0.717) is 19.1 Å². The zero-order valence-corrected chi connectivity index (χ0v) is 11.8. The molecule has 0 spiro atoms. The van der Waals surface area contributed by atoms with Crippen LogP contribution >= 0.6 is 0 Å². The monoisotopic (exact) mass is 276 g/mol. The normalized spacial score (nSPS) is 31.4. The molecule has 2 aliphatic heterocycles. The minimum Gasteiger partial charge on any atom is -0.381 e. The third-order valence-electron chi connectivity index (χ3n) is 3.89. The predicted octanol–water partition coefficient (Wildman–Crippen LogP) is 0.330. The zero-order chi connectivity index (χ0) is 13.0. The van der Waals surface area contributed by atoms with Gasteiger partial charge in [-0.3, -0.25) is 0 Å². The summed E-state index contributed by atoms with van der Waals surface area (Å²) in [5.74, 6) is 0.782. The summed E-state index contributed by atoms with van der Waals surface area (Å²) in [6.45, 7) is 5.22. The lowest BCUT2D eigenvalue weighted by Crippen LogP contribution is -2.45. The first-order chi connectivity index (χ1) is 8.57. The summed E-state index contributed by atoms with van der Waals surface area (Å²) in [6, 6.07) is 0.0186. The molecule has 0 saturated carbocycles. The fourth-order valence-electron chi connectivity index (χ4n) is 2.76. The number of hydrogen-bond acceptors (Lipinski definition) is 4. The number of sulfonamides is 1. The molecule has 0 aromatic rings. The van der Waals surface area contributed by atoms with Crippen LogP contribution in [-0.2, 0) is 14.8 Å². The second-order valence-electron chi connectivity index (χ2n) is 5.52. The molecule has 0 radical (unpaired) electrons. The van der Waals surface area contributed by atoms with Gasteiger partial charge >= 0.3 is 0 Å². The van der Waals surface area contributed by atoms with Crippen molar-refractivity contribution in [1.82, 2.24) is 10.0 Å². The molecule has 2 heterocycles. The van der Waals surface area contributed by atoms with Gasteiger partial charge in [0, 0.05) is 12.6 Å². The topological polar surface area (TPSA) is 67.4 Å². The molecule has 6 heteroatoms. The minimum absolute atomic E-state index is 0.0186. The highest BCUT2D eigenvalue weighted by Crippen LogP contribution is 2.17. The largest absolute Gasteiger partial charge is 0.381 e. The molecule has 2 rings (SSSR count). The summed E-state index contributed by atoms with van der Waals surface area (Å²) < 4.78 is 32.2. The van der Waals surface area contributed by atoms with Crippen LogP contribution in [0.15, 0.2) is 0 Å². The number of rotatable bonds is 5. The van der Waals surface area contributed by atoms with E-state index in [1.165, 1.54) is 0 Å². The Hall–Kier alpha value is -0.170. The van der Waals surface area contributed by atoms with E-state index in [0.717, 1.165) is 32.4 Å². The Morgan fingerprint density at radius 3 is 2.89 bits per heavy atom. The first-order valence-electron chi connectivity index (χ1n) is 6.85. The molecule has 0 bridgehead atoms. The third kappa shape index (κ3) is 4.19. The second kappa shape index (κ2) is 6.32. The summed E-state index contributed by atoms with van der Waals surface area (Å²) in [5.41, 5.74) is 0. The Kier molecular flexibility index (Phi) is 5.00. The molecule has 2 saturated heterocycles. The molecule has 2 N–H and O–H groups in total. The summed E-state index contributed by atoms with van der Waals surface area (Å²) in [7, 11) is -3.17. The molecule has 18 heavy (non-hydrogen) atoms. The number of ether oxygens (including phenoxy) is 1. The third-order valence-corrected chi connectivity index (χ3v) is 5.53. The molecule has 3 unspecified atom stereocenters. The molecule has 3 atom stereocenters. The maximum atomic E-state index is 12.1. The van der Waals surface area contributed by atoms with Crippen LogP contribution in [0.1, 0.15) is 26.2 Å². The van der Waals surface area contributed by atoms with Crippen LogP contribution in [0, 0.1) is 11.8 Å². The van der Waals surface area contributed by atoms with E-state index in [9.17, 15) is 8.42 Å². The van der Waals surface area contributed by atoms with Crippen molar-refractivity contribution in [2.24, 2.45) is 11.8 Å². The highest BCUT2D eigenvalue weighted by atomic mass is 32.2. The molecule has 5 nitrogen and oxygen atoms in total. The first-order valence-corrected chi connectivity index (χ1v) is 8.50. The highest BCUT2D eigenvalue weighted by Gasteiger charge is 2.27. The van der Waals surface area contributed by atoms with Gasteiger partial charge in [0.2, 0.25) is 10.0 Å². The molecule has 2 fully saturated rings. The van der Waals surface area contributed by atoms with Crippen molar-refractivity contribution >= 4 is 10.0 Å². The Bertz CT molecular complexity index is 346. The van der Waals surface area contributed by atoms with Crippen molar-refractivity contribution in [2.45, 2.75) is 32.2 Å². The van der Waals surface area contributed by atoms with Crippen molar-refractivity contribution in [1.29, 1.82) is 0 Å². The minimum atomic E-state index is -3.17. The van der Waals surface area contributed by atoms with Crippen LogP contribution < -0.4 is 10.0 Å². The highest BCUT2D eigenvalue weighted by molar-refractivity contribution is 7.89. The standard InChI is InChI=1S/C12H24N2O3S/c1-10(12-3-2-5-13-7-12)14-18(15,16)9-11-4-6-17-8-11/h10-14H,2-9H2,1H3. The number of piperidine rings is 1. The van der Waals surface area contributed by atoms with Crippen LogP contribution in [0.4, 0.5) is 0 Å². The lowest BCUT2D eigenvalue weighted by atomic mass is 9.94. The lowest BCUT2D eigenvalue weighted by molar-refractivity contribution is 0.188. The van der Waals surface area contributed by atoms with E-state index in [1.54, 1.807) is 0 Å². The van der Waals surface area contributed by atoms with Crippen LogP contribution in [0.5, 0.6) is 0 Å². The average Bonchev–Trinajstić information content (AvgIpc) is 2.81. The van der Waals surface area contributed by atoms with E-state index in [4.69, 9.17) is 4.74 Å². The summed E-state index contributed by atoms with van der Waals surface area (Å²) in [6.07, 6.45) is 3.09. The predicted molar refractivity (Wildman–Crippen MR) is 70.9 cm³/mol. The Morgan fingerprint density at radius 1 is 1.44 bits per heavy atom. The fourth-order valence-corrected chi connectivity index (χ4v) is 4.50. The quantitative estimate of drug-likeness (QED) is 0.759. The number of hydrogen-bond donors (Lipinski definition) is 2. The number of nitrogens with one attached hydrogen (secondary N) is 2. The smallest absolute Gasteiger partial charge is 0.212 e. The second-order valence-corrected chi connectivity index (χ2v) is 7.32. The summed E-state index contributed by atoms with van der Waals surface area (Å²) >= 11 is 0. The Balaban J connectivity index is 1.82. The maximum Gasteiger partial charge on any atom is 0.212 e. The lowest BCUT2D eigenvalue weighted by Gasteiger charge is -2.29. The van der Waals surface area contributed by atoms with Gasteiger partial charge in [0.15, 0.2) is 0 Å². The molecule has 0 aliphatic carbocycles. The van der Waals surface area contributed by atoms with Crippen LogP contribution in [0.2, 0.25) is 0 Å². The summed E-state index contributed by atoms with van der Waals surface area (Å²) in [4.78, 5) is 0. The van der Waals surface area contributed by atoms with Gasteiger partial charge in [-0.2, -0.15) is 0 Å². The van der Waals surface area contributed by atoms with Gasteiger partial charge in [-0.1, -0.05) is 0 Å². The van der Waals surface area contributed by atoms with Crippen molar-refractivity contribution in [3.05, 3.63) is 0 Å². The van der Waals surface area contributed by atoms with E-state index >= 15 is 0 Å². The Morgan fingerprint density at radius 2 is 2.28 bits per heavy atom. The molecule has 2 aliphatic rings. The van der Waals surface area contributed by atoms with Gasteiger partial charge < -0.3 is 10.1 Å². The average molecular weight is 276 g/mol. The molecule has 0 amide bonds. The van der Waals surface area contributed by atoms with Crippen molar-refractivity contribution in [3.63, 3.8) is 0 Å². The fraction of sp³-hybridized carbons (Fsp3) is 1.00. The molecule has 0 aromatic carbocycles. The molecular formula is C12H24N2O3S. The zero-order valence-electron chi connectivity index (χ0n) is 11.0. The van der Waals surface area contributed by atoms with E-state index in [-0.39, 0.29) is 17.7 Å². The van der Waals surface area contributed by atoms with E-state index in [2.05, 4.69) is 10.0 Å². The summed E-state index contributed by atoms with van der Waals surface area (Å²) in [5, 5.41) is 3.32. The SMILES string of the molecule is CC(NS(=O)(=O)CC1CCOC1)C1CCCNC1. The van der Waals surface area contributed by atoms with Gasteiger partial charge in [0.05, 0.1) is 12.4 Å². The van der Waals surface area contributed by atoms with E-state index < -0.39 is 10.0 Å². The Labute approximate surface area is 110 Å². The van der Waals surface area contributed by atoms with Gasteiger partial charge in [0.1, 0.15) is 0 Å². The van der Waals surface area contributed by atoms with Gasteiger partial charge in [0.25, 0.3) is 0 Å². The first kappa shape index (κ1) is 14.2. The van der Waals surface area contributed by atoms with Crippen LogP contribution in [-0.4, -0.2) is 46.5 Å². The van der Waals surface area contributed by atoms with Gasteiger partial charge in [-0.25, -0.2) is 13.1 Å². The van der Waals surface area contributed by atoms with Gasteiger partial charge in [-0.15, -0.1) is 0 Å². The van der Waals surface area contributed by atoms with Crippen molar-refractivity contribution < 1.29 is 13.2 Å². The van der Waals surface area contributed by atoms with Crippen molar-refractivity contribution in [2.75, 3.05) is 32.1 Å². The molecular weight excluding hydrogens is 252 g/mol. The van der Waals surface area contributed by atoms with Gasteiger partial charge in [-0.05, 0) is 51.1 Å². The van der Waals surface area contributed by atoms with Crippen molar-refractivity contribution in [3.8, 4) is 0 Å².